The summed E-state index contributed by atoms with van der Waals surface area (Å²) >= 11 is 1.56. The lowest BCUT2D eigenvalue weighted by molar-refractivity contribution is -0.129. The van der Waals surface area contributed by atoms with E-state index in [1.54, 1.807) is 48.3 Å². The minimum Gasteiger partial charge on any atom is -0.463 e. The second kappa shape index (κ2) is 6.29. The van der Waals surface area contributed by atoms with Gasteiger partial charge in [-0.25, -0.2) is 4.79 Å². The van der Waals surface area contributed by atoms with Gasteiger partial charge in [-0.3, -0.25) is 4.79 Å². The number of thiophene rings is 1. The first kappa shape index (κ1) is 15.4. The molecule has 0 aliphatic heterocycles. The summed E-state index contributed by atoms with van der Waals surface area (Å²) in [6.45, 7) is 1.98. The first-order chi connectivity index (χ1) is 11.1. The number of nitrogens with zero attached hydrogens (tertiary/aromatic N) is 1. The Labute approximate surface area is 136 Å². The van der Waals surface area contributed by atoms with Crippen molar-refractivity contribution in [3.05, 3.63) is 46.5 Å². The first-order valence-corrected chi connectivity index (χ1v) is 7.98. The molecule has 0 bridgehead atoms. The Hall–Kier alpha value is -2.54. The van der Waals surface area contributed by atoms with Gasteiger partial charge in [0.2, 0.25) is 0 Å². The fourth-order valence-electron chi connectivity index (χ4n) is 2.25. The van der Waals surface area contributed by atoms with Crippen molar-refractivity contribution in [1.29, 1.82) is 0 Å². The van der Waals surface area contributed by atoms with Crippen LogP contribution in [0.15, 0.2) is 40.3 Å². The van der Waals surface area contributed by atoms with Gasteiger partial charge in [0.15, 0.2) is 11.7 Å². The molecule has 1 atom stereocenters. The van der Waals surface area contributed by atoms with Crippen LogP contribution >= 0.6 is 11.3 Å². The largest absolute Gasteiger partial charge is 0.463 e. The van der Waals surface area contributed by atoms with Crippen LogP contribution in [0.3, 0.4) is 0 Å². The normalized spacial score (nSPS) is 12.3. The predicted molar refractivity (Wildman–Crippen MR) is 86.2 cm³/mol. The SMILES string of the molecule is C[C@H](OC(=O)c1cc2occc2n1C)C(=O)NCc1cccs1. The number of hydrogen-bond acceptors (Lipinski definition) is 5. The number of ether oxygens (including phenoxy) is 1. The number of furan rings is 1. The Morgan fingerprint density at radius 1 is 1.43 bits per heavy atom. The number of carbonyl (C=O) groups is 2. The van der Waals surface area contributed by atoms with E-state index in [0.29, 0.717) is 17.8 Å². The van der Waals surface area contributed by atoms with E-state index < -0.39 is 12.1 Å². The average Bonchev–Trinajstić information content (AvgIpc) is 3.23. The lowest BCUT2D eigenvalue weighted by Gasteiger charge is -2.13. The molecule has 120 valence electrons. The lowest BCUT2D eigenvalue weighted by atomic mass is 10.3. The monoisotopic (exact) mass is 332 g/mol. The number of carbonyl (C=O) groups excluding carboxylic acids is 2. The first-order valence-electron chi connectivity index (χ1n) is 7.10. The van der Waals surface area contributed by atoms with Crippen LogP contribution in [0.25, 0.3) is 11.1 Å². The second-order valence-electron chi connectivity index (χ2n) is 5.10. The van der Waals surface area contributed by atoms with Crippen molar-refractivity contribution < 1.29 is 18.7 Å². The van der Waals surface area contributed by atoms with Crippen LogP contribution in [-0.4, -0.2) is 22.5 Å². The number of esters is 1. The van der Waals surface area contributed by atoms with Crippen molar-refractivity contribution in [2.45, 2.75) is 19.6 Å². The zero-order chi connectivity index (χ0) is 16.4. The van der Waals surface area contributed by atoms with Crippen molar-refractivity contribution >= 4 is 34.3 Å². The van der Waals surface area contributed by atoms with E-state index >= 15 is 0 Å². The summed E-state index contributed by atoms with van der Waals surface area (Å²) in [7, 11) is 1.75. The maximum Gasteiger partial charge on any atom is 0.355 e. The van der Waals surface area contributed by atoms with Gasteiger partial charge in [-0.15, -0.1) is 11.3 Å². The number of fused-ring (bicyclic) bond motifs is 1. The second-order valence-corrected chi connectivity index (χ2v) is 6.14. The van der Waals surface area contributed by atoms with Gasteiger partial charge in [0, 0.05) is 24.1 Å². The highest BCUT2D eigenvalue weighted by Crippen LogP contribution is 2.20. The third-order valence-corrected chi connectivity index (χ3v) is 4.42. The van der Waals surface area contributed by atoms with Gasteiger partial charge in [0.05, 0.1) is 18.3 Å². The Bertz CT molecular complexity index is 832. The van der Waals surface area contributed by atoms with E-state index in [9.17, 15) is 9.59 Å². The van der Waals surface area contributed by atoms with Crippen LogP contribution in [0.4, 0.5) is 0 Å². The number of amides is 1. The van der Waals surface area contributed by atoms with Gasteiger partial charge in [-0.1, -0.05) is 6.07 Å². The van der Waals surface area contributed by atoms with E-state index in [-0.39, 0.29) is 5.91 Å². The molecule has 0 radical (unpaired) electrons. The zero-order valence-corrected chi connectivity index (χ0v) is 13.6. The molecule has 0 fully saturated rings. The standard InChI is InChI=1S/C16H16N2O4S/c1-10(15(19)17-9-11-4-3-7-23-11)22-16(20)13-8-14-12(18(13)2)5-6-21-14/h3-8,10H,9H2,1-2H3,(H,17,19)/t10-/m0/s1. The summed E-state index contributed by atoms with van der Waals surface area (Å²) in [6.07, 6.45) is 0.684. The van der Waals surface area contributed by atoms with E-state index in [1.807, 2.05) is 17.5 Å². The summed E-state index contributed by atoms with van der Waals surface area (Å²) < 4.78 is 12.2. The smallest absolute Gasteiger partial charge is 0.355 e. The number of rotatable bonds is 5. The summed E-state index contributed by atoms with van der Waals surface area (Å²) in [5.41, 5.74) is 1.75. The maximum absolute atomic E-state index is 12.2. The quantitative estimate of drug-likeness (QED) is 0.729. The molecule has 0 aliphatic carbocycles. The summed E-state index contributed by atoms with van der Waals surface area (Å²) in [5.74, 6) is -0.887. The highest BCUT2D eigenvalue weighted by atomic mass is 32.1. The molecule has 0 saturated carbocycles. The predicted octanol–water partition coefficient (Wildman–Crippen LogP) is 2.69. The van der Waals surface area contributed by atoms with Crippen LogP contribution in [-0.2, 0) is 23.1 Å². The molecule has 23 heavy (non-hydrogen) atoms. The van der Waals surface area contributed by atoms with Crippen LogP contribution < -0.4 is 5.32 Å². The molecule has 3 aromatic rings. The summed E-state index contributed by atoms with van der Waals surface area (Å²) in [5, 5.41) is 4.69. The lowest BCUT2D eigenvalue weighted by Crippen LogP contribution is -2.35. The summed E-state index contributed by atoms with van der Waals surface area (Å²) in [4.78, 5) is 25.3. The van der Waals surface area contributed by atoms with Crippen molar-refractivity contribution in [3.8, 4) is 0 Å². The van der Waals surface area contributed by atoms with Crippen LogP contribution in [0.2, 0.25) is 0 Å². The molecule has 0 aromatic carbocycles. The highest BCUT2D eigenvalue weighted by molar-refractivity contribution is 7.09. The van der Waals surface area contributed by atoms with Crippen LogP contribution in [0, 0.1) is 0 Å². The van der Waals surface area contributed by atoms with Crippen molar-refractivity contribution in [3.63, 3.8) is 0 Å². The average molecular weight is 332 g/mol. The third-order valence-electron chi connectivity index (χ3n) is 3.54. The van der Waals surface area contributed by atoms with Crippen LogP contribution in [0.5, 0.6) is 0 Å². The molecule has 1 N–H and O–H groups in total. The molecule has 1 amide bonds. The molecular formula is C16H16N2O4S. The fraction of sp³-hybridized carbons (Fsp3) is 0.250. The van der Waals surface area contributed by atoms with Gasteiger partial charge < -0.3 is 19.0 Å². The van der Waals surface area contributed by atoms with Gasteiger partial charge in [0.1, 0.15) is 5.69 Å². The van der Waals surface area contributed by atoms with E-state index in [0.717, 1.165) is 10.4 Å². The topological polar surface area (TPSA) is 73.5 Å². The van der Waals surface area contributed by atoms with E-state index in [2.05, 4.69) is 5.32 Å². The number of hydrogen-bond donors (Lipinski definition) is 1. The molecule has 3 aromatic heterocycles. The maximum atomic E-state index is 12.2. The third kappa shape index (κ3) is 3.14. The molecule has 3 rings (SSSR count). The molecule has 7 heteroatoms. The number of aryl methyl sites for hydroxylation is 1. The van der Waals surface area contributed by atoms with Crippen molar-refractivity contribution in [2.24, 2.45) is 7.05 Å². The Kier molecular flexibility index (Phi) is 4.20. The van der Waals surface area contributed by atoms with Crippen molar-refractivity contribution in [2.75, 3.05) is 0 Å². The molecule has 0 saturated heterocycles. The Morgan fingerprint density at radius 3 is 2.96 bits per heavy atom. The molecule has 3 heterocycles. The minimum absolute atomic E-state index is 0.329. The molecule has 6 nitrogen and oxygen atoms in total. The molecule has 0 aliphatic rings. The fourth-order valence-corrected chi connectivity index (χ4v) is 2.90. The summed E-state index contributed by atoms with van der Waals surface area (Å²) in [6, 6.07) is 7.22. The zero-order valence-electron chi connectivity index (χ0n) is 12.7. The minimum atomic E-state index is -0.872. The molecular weight excluding hydrogens is 316 g/mol. The van der Waals surface area contributed by atoms with Crippen molar-refractivity contribution in [1.82, 2.24) is 9.88 Å². The van der Waals surface area contributed by atoms with E-state index in [4.69, 9.17) is 9.15 Å². The van der Waals surface area contributed by atoms with Crippen LogP contribution in [0.1, 0.15) is 22.3 Å². The van der Waals surface area contributed by atoms with Gasteiger partial charge in [0.25, 0.3) is 5.91 Å². The molecule has 0 spiro atoms. The Morgan fingerprint density at radius 2 is 2.26 bits per heavy atom. The van der Waals surface area contributed by atoms with Gasteiger partial charge in [-0.2, -0.15) is 0 Å². The number of aromatic nitrogens is 1. The van der Waals surface area contributed by atoms with E-state index in [1.165, 1.54) is 0 Å². The Balaban J connectivity index is 1.61. The molecule has 0 unspecified atom stereocenters. The van der Waals surface area contributed by atoms with Gasteiger partial charge in [-0.05, 0) is 18.4 Å². The highest BCUT2D eigenvalue weighted by Gasteiger charge is 2.22. The van der Waals surface area contributed by atoms with Gasteiger partial charge >= 0.3 is 5.97 Å². The number of nitrogens with one attached hydrogen (secondary N) is 1.